The summed E-state index contributed by atoms with van der Waals surface area (Å²) in [6, 6.07) is 7.29. The molecule has 1 aliphatic rings. The summed E-state index contributed by atoms with van der Waals surface area (Å²) in [6.45, 7) is 0.925. The van der Waals surface area contributed by atoms with Crippen molar-refractivity contribution < 1.29 is 14.3 Å². The molecule has 4 nitrogen and oxygen atoms in total. The minimum Gasteiger partial charge on any atom is -0.451 e. The van der Waals surface area contributed by atoms with Crippen LogP contribution in [0.2, 0.25) is 5.02 Å². The molecule has 2 aromatic rings. The summed E-state index contributed by atoms with van der Waals surface area (Å²) in [6.07, 6.45) is 3.57. The number of halogens is 1. The van der Waals surface area contributed by atoms with E-state index in [-0.39, 0.29) is 18.6 Å². The van der Waals surface area contributed by atoms with E-state index in [9.17, 15) is 4.79 Å². The van der Waals surface area contributed by atoms with Gasteiger partial charge in [-0.2, -0.15) is 0 Å². The Balaban J connectivity index is 1.82. The Morgan fingerprint density at radius 3 is 3.10 bits per heavy atom. The molecule has 0 radical (unpaired) electrons. The first-order valence-corrected chi connectivity index (χ1v) is 7.68. The zero-order valence-electron chi connectivity index (χ0n) is 11.7. The van der Waals surface area contributed by atoms with Crippen LogP contribution < -0.4 is 0 Å². The Kier molecular flexibility index (Phi) is 4.17. The fourth-order valence-corrected chi connectivity index (χ4v) is 3.17. The van der Waals surface area contributed by atoms with Crippen LogP contribution in [0.1, 0.15) is 36.2 Å². The number of nitrogens with zero attached hydrogens (tertiary/aromatic N) is 1. The van der Waals surface area contributed by atoms with Gasteiger partial charge in [0, 0.05) is 29.6 Å². The lowest BCUT2D eigenvalue weighted by atomic mass is 10.1. The highest BCUT2D eigenvalue weighted by molar-refractivity contribution is 6.31. The van der Waals surface area contributed by atoms with Gasteiger partial charge in [0.05, 0.1) is 0 Å². The quantitative estimate of drug-likeness (QED) is 0.941. The second-order valence-corrected chi connectivity index (χ2v) is 5.89. The molecule has 1 aromatic carbocycles. The van der Waals surface area contributed by atoms with Crippen LogP contribution in [0.4, 0.5) is 0 Å². The van der Waals surface area contributed by atoms with Crippen molar-refractivity contribution in [2.75, 3.05) is 13.2 Å². The summed E-state index contributed by atoms with van der Waals surface area (Å²) in [4.78, 5) is 14.5. The average molecular weight is 308 g/mol. The zero-order chi connectivity index (χ0) is 14.8. The molecule has 1 amide bonds. The highest BCUT2D eigenvalue weighted by Gasteiger charge is 2.30. The van der Waals surface area contributed by atoms with Crippen molar-refractivity contribution in [2.24, 2.45) is 0 Å². The molecule has 1 unspecified atom stereocenters. The molecule has 0 spiro atoms. The van der Waals surface area contributed by atoms with Crippen LogP contribution in [0, 0.1) is 0 Å². The summed E-state index contributed by atoms with van der Waals surface area (Å²) >= 11 is 5.95. The first-order chi connectivity index (χ1) is 10.2. The highest BCUT2D eigenvalue weighted by atomic mass is 35.5. The van der Waals surface area contributed by atoms with Gasteiger partial charge >= 0.3 is 0 Å². The van der Waals surface area contributed by atoms with E-state index in [0.717, 1.165) is 37.6 Å². The minimum atomic E-state index is -0.0669. The summed E-state index contributed by atoms with van der Waals surface area (Å²) in [7, 11) is 0. The maximum absolute atomic E-state index is 12.6. The molecule has 1 atom stereocenters. The van der Waals surface area contributed by atoms with Crippen molar-refractivity contribution in [1.82, 2.24) is 4.90 Å². The lowest BCUT2D eigenvalue weighted by Gasteiger charge is -2.23. The molecule has 0 bridgehead atoms. The Labute approximate surface area is 128 Å². The number of hydrogen-bond acceptors (Lipinski definition) is 3. The largest absolute Gasteiger partial charge is 0.451 e. The standard InChI is InChI=1S/C16H18ClNO3/c17-12-5-6-14-11(9-12)10-15(21-14)16(20)18-7-1-3-13(18)4-2-8-19/h5-6,9-10,13,19H,1-4,7-8H2. The van der Waals surface area contributed by atoms with Gasteiger partial charge in [-0.25, -0.2) is 0 Å². The van der Waals surface area contributed by atoms with Crippen molar-refractivity contribution in [3.05, 3.63) is 35.0 Å². The van der Waals surface area contributed by atoms with Gasteiger partial charge < -0.3 is 14.4 Å². The van der Waals surface area contributed by atoms with Gasteiger partial charge in [0.1, 0.15) is 5.58 Å². The predicted molar refractivity (Wildman–Crippen MR) is 81.6 cm³/mol. The topological polar surface area (TPSA) is 53.7 Å². The first kappa shape index (κ1) is 14.4. The van der Waals surface area contributed by atoms with E-state index >= 15 is 0 Å². The monoisotopic (exact) mass is 307 g/mol. The molecular formula is C16H18ClNO3. The second kappa shape index (κ2) is 6.08. The number of benzene rings is 1. The van der Waals surface area contributed by atoms with Crippen LogP contribution in [-0.2, 0) is 0 Å². The van der Waals surface area contributed by atoms with Crippen molar-refractivity contribution in [1.29, 1.82) is 0 Å². The fourth-order valence-electron chi connectivity index (χ4n) is 2.99. The van der Waals surface area contributed by atoms with Crippen LogP contribution in [-0.4, -0.2) is 35.1 Å². The van der Waals surface area contributed by atoms with Crippen molar-refractivity contribution >= 4 is 28.5 Å². The molecule has 21 heavy (non-hydrogen) atoms. The van der Waals surface area contributed by atoms with Gasteiger partial charge in [0.2, 0.25) is 0 Å². The number of furan rings is 1. The van der Waals surface area contributed by atoms with Crippen molar-refractivity contribution in [3.8, 4) is 0 Å². The Bertz CT molecular complexity index is 652. The number of carbonyl (C=O) groups is 1. The summed E-state index contributed by atoms with van der Waals surface area (Å²) in [5.41, 5.74) is 0.675. The first-order valence-electron chi connectivity index (χ1n) is 7.30. The smallest absolute Gasteiger partial charge is 0.289 e. The van der Waals surface area contributed by atoms with Crippen molar-refractivity contribution in [2.45, 2.75) is 31.7 Å². The molecule has 1 saturated heterocycles. The molecule has 3 rings (SSSR count). The van der Waals surface area contributed by atoms with E-state index in [1.807, 2.05) is 4.90 Å². The maximum Gasteiger partial charge on any atom is 0.289 e. The number of likely N-dealkylation sites (tertiary alicyclic amines) is 1. The van der Waals surface area contributed by atoms with Crippen LogP contribution in [0.3, 0.4) is 0 Å². The molecule has 112 valence electrons. The van der Waals surface area contributed by atoms with Crippen LogP contribution in [0.5, 0.6) is 0 Å². The van der Waals surface area contributed by atoms with E-state index < -0.39 is 0 Å². The molecule has 1 aliphatic heterocycles. The van der Waals surface area contributed by atoms with Crippen LogP contribution >= 0.6 is 11.6 Å². The highest BCUT2D eigenvalue weighted by Crippen LogP contribution is 2.27. The molecule has 1 fully saturated rings. The van der Waals surface area contributed by atoms with Gasteiger partial charge in [-0.1, -0.05) is 11.6 Å². The van der Waals surface area contributed by atoms with Gasteiger partial charge in [0.15, 0.2) is 5.76 Å². The maximum atomic E-state index is 12.6. The molecule has 2 heterocycles. The number of rotatable bonds is 4. The SMILES string of the molecule is O=C(c1cc2cc(Cl)ccc2o1)N1CCCC1CCCO. The molecule has 0 saturated carbocycles. The fraction of sp³-hybridized carbons (Fsp3) is 0.438. The molecule has 1 N–H and O–H groups in total. The third-order valence-electron chi connectivity index (χ3n) is 4.02. The molecule has 1 aromatic heterocycles. The number of aliphatic hydroxyl groups excluding tert-OH is 1. The van der Waals surface area contributed by atoms with E-state index in [1.54, 1.807) is 24.3 Å². The third-order valence-corrected chi connectivity index (χ3v) is 4.26. The minimum absolute atomic E-state index is 0.0669. The van der Waals surface area contributed by atoms with E-state index in [1.165, 1.54) is 0 Å². The number of aliphatic hydroxyl groups is 1. The van der Waals surface area contributed by atoms with E-state index in [0.29, 0.717) is 16.4 Å². The molecular weight excluding hydrogens is 290 g/mol. The number of amides is 1. The Morgan fingerprint density at radius 2 is 2.29 bits per heavy atom. The zero-order valence-corrected chi connectivity index (χ0v) is 12.5. The van der Waals surface area contributed by atoms with Crippen LogP contribution in [0.25, 0.3) is 11.0 Å². The normalized spacial score (nSPS) is 18.6. The van der Waals surface area contributed by atoms with Crippen molar-refractivity contribution in [3.63, 3.8) is 0 Å². The molecule has 5 heteroatoms. The second-order valence-electron chi connectivity index (χ2n) is 5.45. The van der Waals surface area contributed by atoms with Gasteiger partial charge in [0.25, 0.3) is 5.91 Å². The lowest BCUT2D eigenvalue weighted by Crippen LogP contribution is -2.35. The van der Waals surface area contributed by atoms with Crippen LogP contribution in [0.15, 0.2) is 28.7 Å². The van der Waals surface area contributed by atoms with Gasteiger partial charge in [-0.3, -0.25) is 4.79 Å². The Hall–Kier alpha value is -1.52. The average Bonchev–Trinajstić information content (AvgIpc) is 3.10. The van der Waals surface area contributed by atoms with E-state index in [4.69, 9.17) is 21.1 Å². The number of hydrogen-bond donors (Lipinski definition) is 1. The molecule has 0 aliphatic carbocycles. The van der Waals surface area contributed by atoms with Gasteiger partial charge in [-0.15, -0.1) is 0 Å². The predicted octanol–water partition coefficient (Wildman–Crippen LogP) is 3.46. The summed E-state index contributed by atoms with van der Waals surface area (Å²) in [5, 5.41) is 10.4. The Morgan fingerprint density at radius 1 is 1.43 bits per heavy atom. The van der Waals surface area contributed by atoms with Gasteiger partial charge in [-0.05, 0) is 49.9 Å². The van der Waals surface area contributed by atoms with E-state index in [2.05, 4.69) is 0 Å². The summed E-state index contributed by atoms with van der Waals surface area (Å²) < 4.78 is 5.65. The summed E-state index contributed by atoms with van der Waals surface area (Å²) in [5.74, 6) is 0.297. The number of fused-ring (bicyclic) bond motifs is 1. The number of carbonyl (C=O) groups excluding carboxylic acids is 1. The third kappa shape index (κ3) is 2.92. The lowest BCUT2D eigenvalue weighted by molar-refractivity contribution is 0.0694.